The summed E-state index contributed by atoms with van der Waals surface area (Å²) >= 11 is 0. The molecule has 1 aliphatic carbocycles. The van der Waals surface area contributed by atoms with Gasteiger partial charge in [-0.1, -0.05) is 19.3 Å². The van der Waals surface area contributed by atoms with E-state index < -0.39 is 0 Å². The van der Waals surface area contributed by atoms with Crippen LogP contribution in [0.1, 0.15) is 44.9 Å². The van der Waals surface area contributed by atoms with Crippen LogP contribution >= 0.6 is 0 Å². The lowest BCUT2D eigenvalue weighted by molar-refractivity contribution is -0.124. The van der Waals surface area contributed by atoms with Crippen molar-refractivity contribution in [3.05, 3.63) is 0 Å². The van der Waals surface area contributed by atoms with Crippen LogP contribution in [-0.4, -0.2) is 36.8 Å². The number of hydrogen-bond acceptors (Lipinski definition) is 3. The summed E-state index contributed by atoms with van der Waals surface area (Å²) in [6.45, 7) is 1.96. The highest BCUT2D eigenvalue weighted by Gasteiger charge is 2.26. The summed E-state index contributed by atoms with van der Waals surface area (Å²) in [6.07, 6.45) is 7.99. The fraction of sp³-hybridized carbons (Fsp3) is 0.929. The molecule has 3 unspecified atom stereocenters. The first-order valence-electron chi connectivity index (χ1n) is 7.43. The van der Waals surface area contributed by atoms with Gasteiger partial charge in [-0.05, 0) is 44.1 Å². The highest BCUT2D eigenvalue weighted by molar-refractivity contribution is 5.81. The maximum Gasteiger partial charge on any atom is 0.237 e. The van der Waals surface area contributed by atoms with Gasteiger partial charge in [-0.2, -0.15) is 0 Å². The molecule has 3 atom stereocenters. The molecule has 104 valence electrons. The first-order valence-corrected chi connectivity index (χ1v) is 7.43. The molecule has 3 N–H and O–H groups in total. The molecule has 0 aromatic rings. The smallest absolute Gasteiger partial charge is 0.237 e. The highest BCUT2D eigenvalue weighted by atomic mass is 16.3. The molecule has 2 aliphatic rings. The summed E-state index contributed by atoms with van der Waals surface area (Å²) in [5.74, 6) is 1.01. The van der Waals surface area contributed by atoms with Crippen LogP contribution < -0.4 is 10.6 Å². The fourth-order valence-corrected chi connectivity index (χ4v) is 3.22. The van der Waals surface area contributed by atoms with Crippen molar-refractivity contribution in [1.29, 1.82) is 0 Å². The Balaban J connectivity index is 1.73. The van der Waals surface area contributed by atoms with Crippen molar-refractivity contribution in [3.63, 3.8) is 0 Å². The van der Waals surface area contributed by atoms with Gasteiger partial charge < -0.3 is 15.7 Å². The second kappa shape index (κ2) is 7.10. The summed E-state index contributed by atoms with van der Waals surface area (Å²) in [4.78, 5) is 12.0. The molecular formula is C14H26N2O2. The van der Waals surface area contributed by atoms with E-state index in [9.17, 15) is 9.90 Å². The van der Waals surface area contributed by atoms with E-state index in [1.165, 1.54) is 19.3 Å². The third-order valence-electron chi connectivity index (χ3n) is 4.47. The van der Waals surface area contributed by atoms with Crippen LogP contribution in [-0.2, 0) is 4.79 Å². The van der Waals surface area contributed by atoms with Gasteiger partial charge in [0, 0.05) is 13.2 Å². The standard InChI is InChI=1S/C14H26N2O2/c17-10-12-6-2-1-5-11(12)9-16-14(18)13-7-3-4-8-15-13/h11-13,15,17H,1-10H2,(H,16,18). The molecule has 2 fully saturated rings. The number of hydrogen-bond donors (Lipinski definition) is 3. The molecule has 0 spiro atoms. The topological polar surface area (TPSA) is 61.4 Å². The summed E-state index contributed by atoms with van der Waals surface area (Å²) < 4.78 is 0. The largest absolute Gasteiger partial charge is 0.396 e. The third kappa shape index (κ3) is 3.69. The molecule has 4 nitrogen and oxygen atoms in total. The Bertz CT molecular complexity index is 265. The van der Waals surface area contributed by atoms with Crippen molar-refractivity contribution in [2.75, 3.05) is 19.7 Å². The fourth-order valence-electron chi connectivity index (χ4n) is 3.22. The third-order valence-corrected chi connectivity index (χ3v) is 4.47. The zero-order valence-electron chi connectivity index (χ0n) is 11.2. The summed E-state index contributed by atoms with van der Waals surface area (Å²) in [6, 6.07) is 0.00918. The molecule has 1 heterocycles. The summed E-state index contributed by atoms with van der Waals surface area (Å²) in [5, 5.41) is 15.7. The predicted octanol–water partition coefficient (Wildman–Crippen LogP) is 1.04. The summed E-state index contributed by atoms with van der Waals surface area (Å²) in [7, 11) is 0. The Hall–Kier alpha value is -0.610. The van der Waals surface area contributed by atoms with Crippen LogP contribution in [0, 0.1) is 11.8 Å². The van der Waals surface area contributed by atoms with Gasteiger partial charge in [0.2, 0.25) is 5.91 Å². The van der Waals surface area contributed by atoms with Crippen LogP contribution in [0.4, 0.5) is 0 Å². The summed E-state index contributed by atoms with van der Waals surface area (Å²) in [5.41, 5.74) is 0. The number of amides is 1. The Kier molecular flexibility index (Phi) is 5.45. The quantitative estimate of drug-likeness (QED) is 0.702. The Morgan fingerprint density at radius 1 is 1.11 bits per heavy atom. The van der Waals surface area contributed by atoms with Crippen molar-refractivity contribution in [2.45, 2.75) is 51.0 Å². The van der Waals surface area contributed by atoms with Crippen LogP contribution in [0.3, 0.4) is 0 Å². The van der Waals surface area contributed by atoms with Gasteiger partial charge in [-0.25, -0.2) is 0 Å². The minimum atomic E-state index is 0.00918. The Morgan fingerprint density at radius 2 is 1.83 bits per heavy atom. The molecule has 1 aliphatic heterocycles. The lowest BCUT2D eigenvalue weighted by atomic mass is 9.79. The normalized spacial score (nSPS) is 33.1. The van der Waals surface area contributed by atoms with Crippen molar-refractivity contribution in [2.24, 2.45) is 11.8 Å². The molecule has 2 rings (SSSR count). The van der Waals surface area contributed by atoms with Gasteiger partial charge in [0.25, 0.3) is 0 Å². The number of carbonyl (C=O) groups is 1. The van der Waals surface area contributed by atoms with Gasteiger partial charge in [0.05, 0.1) is 6.04 Å². The second-order valence-corrected chi connectivity index (χ2v) is 5.73. The lowest BCUT2D eigenvalue weighted by Crippen LogP contribution is -2.48. The van der Waals surface area contributed by atoms with E-state index in [2.05, 4.69) is 10.6 Å². The van der Waals surface area contributed by atoms with Gasteiger partial charge in [0.15, 0.2) is 0 Å². The number of rotatable bonds is 4. The Morgan fingerprint density at radius 3 is 2.50 bits per heavy atom. The molecule has 0 aromatic carbocycles. The van der Waals surface area contributed by atoms with Crippen molar-refractivity contribution < 1.29 is 9.90 Å². The van der Waals surface area contributed by atoms with E-state index >= 15 is 0 Å². The molecule has 0 radical (unpaired) electrons. The number of aliphatic hydroxyl groups is 1. The minimum Gasteiger partial charge on any atom is -0.396 e. The van der Waals surface area contributed by atoms with E-state index in [-0.39, 0.29) is 18.6 Å². The molecule has 0 bridgehead atoms. The maximum absolute atomic E-state index is 12.0. The van der Waals surface area contributed by atoms with Crippen molar-refractivity contribution in [3.8, 4) is 0 Å². The average Bonchev–Trinajstić information content (AvgIpc) is 2.46. The van der Waals surface area contributed by atoms with Crippen LogP contribution in [0.5, 0.6) is 0 Å². The van der Waals surface area contributed by atoms with Gasteiger partial charge in [-0.3, -0.25) is 4.79 Å². The zero-order chi connectivity index (χ0) is 12.8. The van der Waals surface area contributed by atoms with Gasteiger partial charge in [-0.15, -0.1) is 0 Å². The number of aliphatic hydroxyl groups excluding tert-OH is 1. The molecule has 4 heteroatoms. The first-order chi connectivity index (χ1) is 8.81. The predicted molar refractivity (Wildman–Crippen MR) is 71.2 cm³/mol. The zero-order valence-corrected chi connectivity index (χ0v) is 11.2. The van der Waals surface area contributed by atoms with E-state index in [0.717, 1.165) is 38.8 Å². The number of nitrogens with one attached hydrogen (secondary N) is 2. The monoisotopic (exact) mass is 254 g/mol. The van der Waals surface area contributed by atoms with Crippen LogP contribution in [0.25, 0.3) is 0 Å². The van der Waals surface area contributed by atoms with E-state index in [1.807, 2.05) is 0 Å². The van der Waals surface area contributed by atoms with Gasteiger partial charge >= 0.3 is 0 Å². The van der Waals surface area contributed by atoms with Crippen LogP contribution in [0.15, 0.2) is 0 Å². The maximum atomic E-state index is 12.0. The van der Waals surface area contributed by atoms with Crippen molar-refractivity contribution in [1.82, 2.24) is 10.6 Å². The Labute approximate surface area is 110 Å². The number of piperidine rings is 1. The lowest BCUT2D eigenvalue weighted by Gasteiger charge is -2.31. The molecule has 0 aromatic heterocycles. The SMILES string of the molecule is O=C(NCC1CCCCC1CO)C1CCCCN1. The molecular weight excluding hydrogens is 228 g/mol. The average molecular weight is 254 g/mol. The van der Waals surface area contributed by atoms with Crippen molar-refractivity contribution >= 4 is 5.91 Å². The first kappa shape index (κ1) is 13.8. The second-order valence-electron chi connectivity index (χ2n) is 5.73. The molecule has 1 saturated heterocycles. The van der Waals surface area contributed by atoms with E-state index in [4.69, 9.17) is 0 Å². The highest BCUT2D eigenvalue weighted by Crippen LogP contribution is 2.29. The number of carbonyl (C=O) groups excluding carboxylic acids is 1. The molecule has 1 saturated carbocycles. The van der Waals surface area contributed by atoms with Gasteiger partial charge in [0.1, 0.15) is 0 Å². The van der Waals surface area contributed by atoms with Crippen LogP contribution in [0.2, 0.25) is 0 Å². The minimum absolute atomic E-state index is 0.00918. The molecule has 18 heavy (non-hydrogen) atoms. The van der Waals surface area contributed by atoms with E-state index in [1.54, 1.807) is 0 Å². The molecule has 1 amide bonds. The van der Waals surface area contributed by atoms with E-state index in [0.29, 0.717) is 11.8 Å².